The van der Waals surface area contributed by atoms with Crippen molar-refractivity contribution in [2.45, 2.75) is 41.5 Å². The van der Waals surface area contributed by atoms with E-state index in [9.17, 15) is 9.59 Å². The Morgan fingerprint density at radius 3 is 1.12 bits per heavy atom. The van der Waals surface area contributed by atoms with Gasteiger partial charge >= 0.3 is 5.97 Å². The molecule has 0 heterocycles. The average Bonchev–Trinajstić information content (AvgIpc) is 2.16. The third-order valence-electron chi connectivity index (χ3n) is 0.576. The van der Waals surface area contributed by atoms with Gasteiger partial charge in [0.25, 0.3) is 0 Å². The number of hydrogen-bond donors (Lipinski definition) is 0. The Hall–Kier alpha value is -0.810. The molecule has 0 aliphatic carbocycles. The van der Waals surface area contributed by atoms with Crippen LogP contribution in [0, 0.1) is 0 Å². The molecule has 104 valence electrons. The zero-order valence-electron chi connectivity index (χ0n) is 12.2. The lowest BCUT2D eigenvalue weighted by atomic mass is 10.6. The Balaban J connectivity index is -0.0000000667. The third-order valence-corrected chi connectivity index (χ3v) is 0.576. The highest BCUT2D eigenvalue weighted by Gasteiger charge is 1.75. The first-order valence-corrected chi connectivity index (χ1v) is 5.54. The van der Waals surface area contributed by atoms with Crippen LogP contribution in [0.15, 0.2) is 0 Å². The van der Waals surface area contributed by atoms with Crippen LogP contribution in [-0.2, 0) is 19.1 Å². The second-order valence-electron chi connectivity index (χ2n) is 3.09. The fourth-order valence-corrected chi connectivity index (χ4v) is 0. The van der Waals surface area contributed by atoms with E-state index in [0.717, 1.165) is 11.5 Å². The largest absolute Gasteiger partial charge is 0.469 e. The number of esters is 1. The van der Waals surface area contributed by atoms with E-state index < -0.39 is 0 Å². The zero-order chi connectivity index (χ0) is 14.9. The second kappa shape index (κ2) is 24.4. The summed E-state index contributed by atoms with van der Waals surface area (Å²) >= 11 is 4.54. The van der Waals surface area contributed by atoms with E-state index in [-0.39, 0.29) is 11.8 Å². The first-order chi connectivity index (χ1) is 7.65. The standard InChI is InChI=1S/C3H6O2.C3H8O.C3H6O.C3H6S/c1-3(4)5-2;1-3-4-2;2*1-3(2)4/h1-2H3;3H2,1-2H3;2*1-2H3. The number of methoxy groups -OCH3 is 2. The minimum atomic E-state index is -0.245. The SMILES string of the molecule is CC(C)=O.CC(C)=S.CCOC.COC(C)=O. The molecule has 0 amide bonds. The van der Waals surface area contributed by atoms with Gasteiger partial charge in [-0.25, -0.2) is 0 Å². The van der Waals surface area contributed by atoms with Gasteiger partial charge in [-0.15, -0.1) is 0 Å². The second-order valence-corrected chi connectivity index (χ2v) is 3.91. The number of ketones is 1. The summed E-state index contributed by atoms with van der Waals surface area (Å²) in [4.78, 5) is 20.0. The predicted molar refractivity (Wildman–Crippen MR) is 75.5 cm³/mol. The van der Waals surface area contributed by atoms with E-state index in [2.05, 4.69) is 21.7 Å². The van der Waals surface area contributed by atoms with Gasteiger partial charge in [0.2, 0.25) is 0 Å². The molecule has 0 aliphatic heterocycles. The number of carbonyl (C=O) groups excluding carboxylic acids is 2. The van der Waals surface area contributed by atoms with E-state index in [1.54, 1.807) is 7.11 Å². The van der Waals surface area contributed by atoms with Crippen LogP contribution in [0.25, 0.3) is 0 Å². The van der Waals surface area contributed by atoms with Gasteiger partial charge in [0.15, 0.2) is 0 Å². The van der Waals surface area contributed by atoms with Crippen molar-refractivity contribution in [1.82, 2.24) is 0 Å². The van der Waals surface area contributed by atoms with Crippen LogP contribution in [0.1, 0.15) is 41.5 Å². The molecule has 0 N–H and O–H groups in total. The van der Waals surface area contributed by atoms with Gasteiger partial charge in [0.1, 0.15) is 5.78 Å². The predicted octanol–water partition coefficient (Wildman–Crippen LogP) is 2.82. The van der Waals surface area contributed by atoms with Crippen LogP contribution in [0.3, 0.4) is 0 Å². The van der Waals surface area contributed by atoms with Gasteiger partial charge in [0.05, 0.1) is 7.11 Å². The monoisotopic (exact) mass is 266 g/mol. The van der Waals surface area contributed by atoms with E-state index >= 15 is 0 Å². The highest BCUT2D eigenvalue weighted by atomic mass is 32.1. The van der Waals surface area contributed by atoms with Crippen molar-refractivity contribution >= 4 is 28.8 Å². The molecular weight excluding hydrogens is 240 g/mol. The topological polar surface area (TPSA) is 52.6 Å². The van der Waals surface area contributed by atoms with Crippen molar-refractivity contribution in [3.05, 3.63) is 0 Å². The highest BCUT2D eigenvalue weighted by Crippen LogP contribution is 1.61. The van der Waals surface area contributed by atoms with Crippen LogP contribution < -0.4 is 0 Å². The van der Waals surface area contributed by atoms with Crippen LogP contribution in [0.4, 0.5) is 0 Å². The Morgan fingerprint density at radius 2 is 1.12 bits per heavy atom. The minimum Gasteiger partial charge on any atom is -0.469 e. The maximum absolute atomic E-state index is 9.59. The molecule has 0 atom stereocenters. The van der Waals surface area contributed by atoms with Gasteiger partial charge in [-0.3, -0.25) is 4.79 Å². The highest BCUT2D eigenvalue weighted by molar-refractivity contribution is 7.80. The van der Waals surface area contributed by atoms with Crippen LogP contribution in [-0.4, -0.2) is 37.4 Å². The average molecular weight is 266 g/mol. The number of ether oxygens (including phenoxy) is 2. The maximum atomic E-state index is 9.59. The van der Waals surface area contributed by atoms with Gasteiger partial charge in [-0.2, -0.15) is 0 Å². The van der Waals surface area contributed by atoms with Crippen molar-refractivity contribution in [1.29, 1.82) is 0 Å². The number of thiocarbonyl (C=S) groups is 1. The summed E-state index contributed by atoms with van der Waals surface area (Å²) in [5, 5.41) is 0. The lowest BCUT2D eigenvalue weighted by Crippen LogP contribution is -1.88. The molecule has 4 nitrogen and oxygen atoms in total. The smallest absolute Gasteiger partial charge is 0.302 e. The van der Waals surface area contributed by atoms with Crippen LogP contribution in [0.2, 0.25) is 0 Å². The molecule has 0 unspecified atom stereocenters. The van der Waals surface area contributed by atoms with Crippen molar-refractivity contribution in [2.75, 3.05) is 20.8 Å². The Bertz CT molecular complexity index is 169. The molecule has 0 bridgehead atoms. The summed E-state index contributed by atoms with van der Waals surface area (Å²) in [5.41, 5.74) is 0. The van der Waals surface area contributed by atoms with Crippen molar-refractivity contribution in [2.24, 2.45) is 0 Å². The van der Waals surface area contributed by atoms with E-state index in [0.29, 0.717) is 0 Å². The molecule has 0 rings (SSSR count). The Labute approximate surface area is 111 Å². The van der Waals surface area contributed by atoms with Gasteiger partial charge in [0, 0.05) is 20.6 Å². The number of carbonyl (C=O) groups is 2. The lowest BCUT2D eigenvalue weighted by Gasteiger charge is -1.80. The third kappa shape index (κ3) is 551. The fraction of sp³-hybridized carbons (Fsp3) is 0.750. The summed E-state index contributed by atoms with van der Waals surface area (Å²) in [6, 6.07) is 0. The van der Waals surface area contributed by atoms with Crippen molar-refractivity contribution in [3.8, 4) is 0 Å². The summed E-state index contributed by atoms with van der Waals surface area (Å²) in [6.45, 7) is 11.0. The van der Waals surface area contributed by atoms with Crippen molar-refractivity contribution < 1.29 is 19.1 Å². The lowest BCUT2D eigenvalue weighted by molar-refractivity contribution is -0.137. The summed E-state index contributed by atoms with van der Waals surface area (Å²) in [6.07, 6.45) is 0. The van der Waals surface area contributed by atoms with E-state index in [1.165, 1.54) is 27.9 Å². The Kier molecular flexibility index (Phi) is 36.1. The van der Waals surface area contributed by atoms with Gasteiger partial charge in [-0.05, 0) is 39.5 Å². The molecule has 0 aliphatic rings. The molecule has 0 fully saturated rings. The molecular formula is C12H26O4S. The van der Waals surface area contributed by atoms with Crippen molar-refractivity contribution in [3.63, 3.8) is 0 Å². The van der Waals surface area contributed by atoms with Crippen LogP contribution in [0.5, 0.6) is 0 Å². The zero-order valence-corrected chi connectivity index (χ0v) is 13.1. The summed E-state index contributed by atoms with van der Waals surface area (Å²) < 4.78 is 8.65. The molecule has 5 heteroatoms. The first-order valence-electron chi connectivity index (χ1n) is 5.13. The molecule has 17 heavy (non-hydrogen) atoms. The fourth-order valence-electron chi connectivity index (χ4n) is 0. The molecule has 0 radical (unpaired) electrons. The minimum absolute atomic E-state index is 0.167. The molecule has 0 saturated heterocycles. The molecule has 0 saturated carbocycles. The quantitative estimate of drug-likeness (QED) is 0.539. The normalized spacial score (nSPS) is 6.82. The van der Waals surface area contributed by atoms with Gasteiger partial charge in [-0.1, -0.05) is 12.2 Å². The van der Waals surface area contributed by atoms with E-state index in [1.807, 2.05) is 20.8 Å². The first kappa shape index (κ1) is 25.1. The van der Waals surface area contributed by atoms with E-state index in [4.69, 9.17) is 0 Å². The Morgan fingerprint density at radius 1 is 1.00 bits per heavy atom. The molecule has 0 spiro atoms. The summed E-state index contributed by atoms with van der Waals surface area (Å²) in [5.74, 6) is -0.0787. The van der Waals surface area contributed by atoms with Gasteiger partial charge < -0.3 is 14.3 Å². The van der Waals surface area contributed by atoms with Crippen LogP contribution >= 0.6 is 12.2 Å². The number of hydrogen-bond acceptors (Lipinski definition) is 5. The maximum Gasteiger partial charge on any atom is 0.302 e. The number of Topliss-reactive ketones (excluding diaryl/α,β-unsaturated/α-hetero) is 1. The number of rotatable bonds is 1. The molecule has 0 aromatic rings. The molecule has 0 aromatic carbocycles. The summed E-state index contributed by atoms with van der Waals surface area (Å²) in [7, 11) is 3.03. The molecule has 0 aromatic heterocycles.